The predicted molar refractivity (Wildman–Crippen MR) is 377 cm³/mol. The molecule has 0 fully saturated rings. The number of unbranched alkanes of at least 4 members (excludes halogenated alkanes) is 45. The molecule has 0 aliphatic rings. The second-order valence-corrected chi connectivity index (χ2v) is 29.8. The molecule has 0 spiro atoms. The number of ether oxygens (including phenoxy) is 4. The first-order valence-corrected chi connectivity index (χ1v) is 41.7. The molecule has 0 rings (SSSR count). The summed E-state index contributed by atoms with van der Waals surface area (Å²) in [6.45, 7) is 7.23. The van der Waals surface area contributed by atoms with Gasteiger partial charge >= 0.3 is 39.5 Å². The van der Waals surface area contributed by atoms with E-state index in [-0.39, 0.29) is 25.7 Å². The van der Waals surface area contributed by atoms with Crippen LogP contribution < -0.4 is 0 Å². The van der Waals surface area contributed by atoms with E-state index in [1.807, 2.05) is 0 Å². The van der Waals surface area contributed by atoms with Crippen LogP contribution in [-0.4, -0.2) is 96.7 Å². The summed E-state index contributed by atoms with van der Waals surface area (Å²) in [7, 11) is -9.90. The highest BCUT2D eigenvalue weighted by atomic mass is 31.2. The second kappa shape index (κ2) is 67.3. The monoisotopic (exact) mass is 1370 g/mol. The minimum atomic E-state index is -4.95. The first kappa shape index (κ1) is 91.1. The average Bonchev–Trinajstić information content (AvgIpc) is 1.61. The summed E-state index contributed by atoms with van der Waals surface area (Å²) in [5.74, 6) is -1.40. The van der Waals surface area contributed by atoms with E-state index in [9.17, 15) is 43.2 Å². The molecule has 93 heavy (non-hydrogen) atoms. The summed E-state index contributed by atoms with van der Waals surface area (Å²) in [5, 5.41) is 10.6. The summed E-state index contributed by atoms with van der Waals surface area (Å²) in [6, 6.07) is 0. The number of aliphatic hydroxyl groups is 1. The summed E-state index contributed by atoms with van der Waals surface area (Å²) in [4.78, 5) is 72.7. The number of esters is 4. The minimum Gasteiger partial charge on any atom is -0.462 e. The van der Waals surface area contributed by atoms with Gasteiger partial charge in [-0.3, -0.25) is 37.3 Å². The van der Waals surface area contributed by atoms with Crippen LogP contribution in [0.25, 0.3) is 0 Å². The minimum absolute atomic E-state index is 0.104. The van der Waals surface area contributed by atoms with Gasteiger partial charge < -0.3 is 33.8 Å². The molecule has 3 N–H and O–H groups in total. The molecule has 3 unspecified atom stereocenters. The number of hydrogen-bond donors (Lipinski definition) is 3. The molecule has 0 radical (unpaired) electrons. The number of rotatable bonds is 74. The van der Waals surface area contributed by atoms with Gasteiger partial charge in [-0.05, 0) is 31.6 Å². The van der Waals surface area contributed by atoms with Crippen LogP contribution in [0.15, 0.2) is 0 Å². The van der Waals surface area contributed by atoms with Crippen LogP contribution >= 0.6 is 15.6 Å². The zero-order valence-corrected chi connectivity index (χ0v) is 62.2. The SMILES string of the molecule is CCCCCCCCCCCCCCCCCCCC(=O)O[C@H](COC(=O)CCCCCCCCCCCCCCCCCC)COP(=O)(O)OC[C@@H](O)COP(=O)(O)OC[C@@H](COC(=O)CCCCCCCCCCCC)OC(=O)CCCCCCCCC(C)CC. The van der Waals surface area contributed by atoms with E-state index in [4.69, 9.17) is 37.0 Å². The number of aliphatic hydroxyl groups excluding tert-OH is 1. The van der Waals surface area contributed by atoms with Gasteiger partial charge in [-0.1, -0.05) is 336 Å². The topological polar surface area (TPSA) is 237 Å². The van der Waals surface area contributed by atoms with E-state index in [2.05, 4.69) is 34.6 Å². The molecule has 0 bridgehead atoms. The molecular formula is C74H144O17P2. The van der Waals surface area contributed by atoms with E-state index >= 15 is 0 Å². The fourth-order valence-corrected chi connectivity index (χ4v) is 12.9. The van der Waals surface area contributed by atoms with Crippen molar-refractivity contribution >= 4 is 39.5 Å². The normalized spacial score (nSPS) is 14.3. The van der Waals surface area contributed by atoms with Gasteiger partial charge in [-0.2, -0.15) is 0 Å². The second-order valence-electron chi connectivity index (χ2n) is 26.9. The van der Waals surface area contributed by atoms with Crippen molar-refractivity contribution in [2.75, 3.05) is 39.6 Å². The van der Waals surface area contributed by atoms with Gasteiger partial charge in [0.1, 0.15) is 19.3 Å². The first-order valence-electron chi connectivity index (χ1n) is 38.7. The Kier molecular flexibility index (Phi) is 65.9. The lowest BCUT2D eigenvalue weighted by Gasteiger charge is -2.21. The average molecular weight is 1370 g/mol. The molecule has 0 aromatic heterocycles. The standard InChI is InChI=1S/C74H144O17P2/c1-6-10-13-16-19-22-25-27-29-31-33-35-37-40-43-49-54-59-73(78)90-69(63-84-72(77)58-53-48-42-39-36-34-32-30-28-26-23-20-17-14-11-7-2)65-88-92(80,81)86-61-68(75)62-87-93(82,83)89-66-70(91-74(79)60-55-50-45-44-46-51-56-67(5)9-4)64-85-71(76)57-52-47-41-38-24-21-18-15-12-8-3/h67-70,75H,6-66H2,1-5H3,(H,80,81)(H,82,83)/t67?,68-,69-,70-/m1/s1. The van der Waals surface area contributed by atoms with Gasteiger partial charge in [0, 0.05) is 25.7 Å². The van der Waals surface area contributed by atoms with Gasteiger partial charge in [0.2, 0.25) is 0 Å². The predicted octanol–water partition coefficient (Wildman–Crippen LogP) is 21.7. The Morgan fingerprint density at radius 1 is 0.301 bits per heavy atom. The molecule has 0 aliphatic carbocycles. The first-order chi connectivity index (χ1) is 45.1. The van der Waals surface area contributed by atoms with Gasteiger partial charge in [-0.15, -0.1) is 0 Å². The van der Waals surface area contributed by atoms with Gasteiger partial charge in [-0.25, -0.2) is 9.13 Å². The highest BCUT2D eigenvalue weighted by Crippen LogP contribution is 2.45. The number of phosphoric acid groups is 2. The number of phosphoric ester groups is 2. The van der Waals surface area contributed by atoms with E-state index in [0.29, 0.717) is 25.7 Å². The van der Waals surface area contributed by atoms with Gasteiger partial charge in [0.25, 0.3) is 0 Å². The Hall–Kier alpha value is -1.94. The zero-order chi connectivity index (χ0) is 68.4. The molecule has 0 saturated carbocycles. The third-order valence-electron chi connectivity index (χ3n) is 17.6. The van der Waals surface area contributed by atoms with Crippen molar-refractivity contribution < 1.29 is 80.2 Å². The molecule has 6 atom stereocenters. The summed E-state index contributed by atoms with van der Waals surface area (Å²) >= 11 is 0. The van der Waals surface area contributed by atoms with Crippen LogP contribution in [0, 0.1) is 5.92 Å². The maximum Gasteiger partial charge on any atom is 0.472 e. The third-order valence-corrected chi connectivity index (χ3v) is 19.5. The van der Waals surface area contributed by atoms with Gasteiger partial charge in [0.05, 0.1) is 26.4 Å². The molecule has 0 aliphatic heterocycles. The maximum atomic E-state index is 13.1. The number of hydrogen-bond acceptors (Lipinski definition) is 15. The molecular weight excluding hydrogens is 1220 g/mol. The third kappa shape index (κ3) is 67.0. The fourth-order valence-electron chi connectivity index (χ4n) is 11.3. The molecule has 0 saturated heterocycles. The van der Waals surface area contributed by atoms with Crippen LogP contribution in [0.5, 0.6) is 0 Å². The lowest BCUT2D eigenvalue weighted by molar-refractivity contribution is -0.161. The molecule has 0 aromatic rings. The maximum absolute atomic E-state index is 13.1. The van der Waals surface area contributed by atoms with Crippen molar-refractivity contribution in [3.63, 3.8) is 0 Å². The van der Waals surface area contributed by atoms with E-state index in [1.54, 1.807) is 0 Å². The quantitative estimate of drug-likeness (QED) is 0.0222. The molecule has 0 amide bonds. The molecule has 0 aromatic carbocycles. The summed E-state index contributed by atoms with van der Waals surface area (Å²) in [5.41, 5.74) is 0. The van der Waals surface area contributed by atoms with Crippen LogP contribution in [0.2, 0.25) is 0 Å². The van der Waals surface area contributed by atoms with Crippen LogP contribution in [0.3, 0.4) is 0 Å². The van der Waals surface area contributed by atoms with Crippen molar-refractivity contribution in [1.82, 2.24) is 0 Å². The largest absolute Gasteiger partial charge is 0.472 e. The number of carbonyl (C=O) groups excluding carboxylic acids is 4. The van der Waals surface area contributed by atoms with E-state index in [1.165, 1.54) is 212 Å². The fraction of sp³-hybridized carbons (Fsp3) is 0.946. The van der Waals surface area contributed by atoms with Crippen molar-refractivity contribution in [2.45, 2.75) is 406 Å². The smallest absolute Gasteiger partial charge is 0.462 e. The summed E-state index contributed by atoms with van der Waals surface area (Å²) in [6.07, 6.45) is 55.5. The van der Waals surface area contributed by atoms with Crippen LogP contribution in [-0.2, 0) is 65.4 Å². The zero-order valence-electron chi connectivity index (χ0n) is 60.4. The highest BCUT2D eigenvalue weighted by molar-refractivity contribution is 7.47. The lowest BCUT2D eigenvalue weighted by atomic mass is 10.00. The number of carbonyl (C=O) groups is 4. The highest BCUT2D eigenvalue weighted by Gasteiger charge is 2.30. The Morgan fingerprint density at radius 2 is 0.516 bits per heavy atom. The summed E-state index contributed by atoms with van der Waals surface area (Å²) < 4.78 is 68.4. The van der Waals surface area contributed by atoms with Crippen LogP contribution in [0.4, 0.5) is 0 Å². The molecule has 552 valence electrons. The van der Waals surface area contributed by atoms with Crippen molar-refractivity contribution in [2.24, 2.45) is 5.92 Å². The van der Waals surface area contributed by atoms with E-state index < -0.39 is 97.5 Å². The Labute approximate surface area is 568 Å². The van der Waals surface area contributed by atoms with Crippen molar-refractivity contribution in [1.29, 1.82) is 0 Å². The van der Waals surface area contributed by atoms with Crippen molar-refractivity contribution in [3.8, 4) is 0 Å². The molecule has 19 heteroatoms. The Balaban J connectivity index is 5.22. The molecule has 0 heterocycles. The Morgan fingerprint density at radius 3 is 0.763 bits per heavy atom. The lowest BCUT2D eigenvalue weighted by Crippen LogP contribution is -2.30. The Bertz CT molecular complexity index is 1790. The van der Waals surface area contributed by atoms with E-state index in [0.717, 1.165) is 95.8 Å². The van der Waals surface area contributed by atoms with Gasteiger partial charge in [0.15, 0.2) is 12.2 Å². The molecule has 17 nitrogen and oxygen atoms in total. The van der Waals surface area contributed by atoms with Crippen molar-refractivity contribution in [3.05, 3.63) is 0 Å². The van der Waals surface area contributed by atoms with Crippen LogP contribution in [0.1, 0.15) is 388 Å².